The number of rotatable bonds is 7. The van der Waals surface area contributed by atoms with Gasteiger partial charge in [-0.05, 0) is 77.5 Å². The molecule has 0 aliphatic carbocycles. The fourth-order valence-corrected chi connectivity index (χ4v) is 3.07. The zero-order valence-corrected chi connectivity index (χ0v) is 17.8. The van der Waals surface area contributed by atoms with Crippen LogP contribution in [0.2, 0.25) is 0 Å². The van der Waals surface area contributed by atoms with E-state index in [2.05, 4.69) is 26.6 Å². The van der Waals surface area contributed by atoms with E-state index in [1.165, 1.54) is 10.6 Å². The van der Waals surface area contributed by atoms with E-state index < -0.39 is 0 Å². The average Bonchev–Trinajstić information content (AvgIpc) is 2.73. The van der Waals surface area contributed by atoms with Crippen molar-refractivity contribution in [1.82, 2.24) is 4.57 Å². The van der Waals surface area contributed by atoms with Crippen molar-refractivity contribution in [2.45, 2.75) is 13.5 Å². The van der Waals surface area contributed by atoms with Crippen LogP contribution in [-0.2, 0) is 11.3 Å². The summed E-state index contributed by atoms with van der Waals surface area (Å²) in [7, 11) is 0. The molecule has 0 unspecified atom stereocenters. The van der Waals surface area contributed by atoms with Gasteiger partial charge in [0.25, 0.3) is 11.5 Å². The molecule has 1 heterocycles. The fraction of sp³-hybridized carbons (Fsp3) is 0.136. The van der Waals surface area contributed by atoms with Crippen LogP contribution in [0.5, 0.6) is 5.75 Å². The maximum Gasteiger partial charge on any atom is 0.255 e. The molecule has 1 aromatic heterocycles. The number of nitrogens with one attached hydrogen (secondary N) is 2. The molecule has 0 saturated heterocycles. The van der Waals surface area contributed by atoms with Gasteiger partial charge in [-0.1, -0.05) is 0 Å². The van der Waals surface area contributed by atoms with Crippen molar-refractivity contribution in [3.63, 3.8) is 0 Å². The Kier molecular flexibility index (Phi) is 7.03. The molecule has 0 saturated carbocycles. The average molecular weight is 470 g/mol. The van der Waals surface area contributed by atoms with Crippen LogP contribution in [0.15, 0.2) is 76.1 Å². The van der Waals surface area contributed by atoms with Crippen molar-refractivity contribution in [3.8, 4) is 5.75 Å². The molecule has 154 valence electrons. The van der Waals surface area contributed by atoms with Gasteiger partial charge in [0, 0.05) is 33.7 Å². The van der Waals surface area contributed by atoms with Gasteiger partial charge in [-0.25, -0.2) is 0 Å². The molecule has 2 amide bonds. The normalized spacial score (nSPS) is 10.3. The molecule has 3 aromatic rings. The molecule has 0 aliphatic rings. The second-order valence-corrected chi connectivity index (χ2v) is 7.27. The van der Waals surface area contributed by atoms with Gasteiger partial charge in [0.1, 0.15) is 12.3 Å². The van der Waals surface area contributed by atoms with Crippen molar-refractivity contribution in [3.05, 3.63) is 87.3 Å². The topological polar surface area (TPSA) is 89.4 Å². The summed E-state index contributed by atoms with van der Waals surface area (Å²) in [6.45, 7) is 2.37. The zero-order chi connectivity index (χ0) is 21.5. The Labute approximate surface area is 181 Å². The van der Waals surface area contributed by atoms with Gasteiger partial charge >= 0.3 is 0 Å². The van der Waals surface area contributed by atoms with Gasteiger partial charge in [0.2, 0.25) is 5.91 Å². The lowest BCUT2D eigenvalue weighted by Crippen LogP contribution is -2.26. The van der Waals surface area contributed by atoms with Crippen LogP contribution in [0.4, 0.5) is 11.4 Å². The number of anilines is 2. The SMILES string of the molecule is CCOc1ccc(NC(=O)c2ccc(NC(=O)Cn3cc(Br)ccc3=O)cc2)cc1. The zero-order valence-electron chi connectivity index (χ0n) is 16.2. The smallest absolute Gasteiger partial charge is 0.255 e. The number of amides is 2. The van der Waals surface area contributed by atoms with Gasteiger partial charge in [0.15, 0.2) is 0 Å². The summed E-state index contributed by atoms with van der Waals surface area (Å²) in [6, 6.07) is 16.6. The predicted octanol–water partition coefficient (Wildman–Crippen LogP) is 3.90. The first kappa shape index (κ1) is 21.3. The summed E-state index contributed by atoms with van der Waals surface area (Å²) in [4.78, 5) is 36.4. The number of nitrogens with zero attached hydrogens (tertiary/aromatic N) is 1. The highest BCUT2D eigenvalue weighted by molar-refractivity contribution is 9.10. The van der Waals surface area contributed by atoms with E-state index in [-0.39, 0.29) is 23.9 Å². The van der Waals surface area contributed by atoms with Crippen molar-refractivity contribution in [2.75, 3.05) is 17.2 Å². The maximum absolute atomic E-state index is 12.4. The molecule has 2 aromatic carbocycles. The van der Waals surface area contributed by atoms with E-state index in [0.717, 1.165) is 5.75 Å². The standard InChI is InChI=1S/C22H20BrN3O4/c1-2-30-19-10-8-18(9-11-19)25-22(29)15-3-6-17(7-4-15)24-20(27)14-26-13-16(23)5-12-21(26)28/h3-13H,2,14H2,1H3,(H,24,27)(H,25,29). The highest BCUT2D eigenvalue weighted by atomic mass is 79.9. The first-order valence-corrected chi connectivity index (χ1v) is 10.0. The summed E-state index contributed by atoms with van der Waals surface area (Å²) >= 11 is 3.27. The molecule has 0 bridgehead atoms. The van der Waals surface area contributed by atoms with Crippen LogP contribution in [0.1, 0.15) is 17.3 Å². The Morgan fingerprint density at radius 3 is 2.23 bits per heavy atom. The number of hydrogen-bond donors (Lipinski definition) is 2. The molecule has 0 fully saturated rings. The summed E-state index contributed by atoms with van der Waals surface area (Å²) in [5, 5.41) is 5.52. The third-order valence-electron chi connectivity index (χ3n) is 4.12. The number of ether oxygens (including phenoxy) is 1. The highest BCUT2D eigenvalue weighted by Gasteiger charge is 2.09. The van der Waals surface area contributed by atoms with Crippen LogP contribution in [0, 0.1) is 0 Å². The molecule has 0 radical (unpaired) electrons. The fourth-order valence-electron chi connectivity index (χ4n) is 2.69. The maximum atomic E-state index is 12.4. The number of carbonyl (C=O) groups is 2. The lowest BCUT2D eigenvalue weighted by Gasteiger charge is -2.09. The monoisotopic (exact) mass is 469 g/mol. The Hall–Kier alpha value is -3.39. The van der Waals surface area contributed by atoms with Crippen LogP contribution >= 0.6 is 15.9 Å². The number of benzene rings is 2. The van der Waals surface area contributed by atoms with Crippen molar-refractivity contribution < 1.29 is 14.3 Å². The Morgan fingerprint density at radius 2 is 1.57 bits per heavy atom. The highest BCUT2D eigenvalue weighted by Crippen LogP contribution is 2.17. The van der Waals surface area contributed by atoms with Crippen molar-refractivity contribution in [2.24, 2.45) is 0 Å². The molecule has 0 atom stereocenters. The van der Waals surface area contributed by atoms with Crippen LogP contribution in [0.25, 0.3) is 0 Å². The van der Waals surface area contributed by atoms with Gasteiger partial charge < -0.3 is 19.9 Å². The first-order valence-electron chi connectivity index (χ1n) is 9.24. The predicted molar refractivity (Wildman–Crippen MR) is 119 cm³/mol. The Balaban J connectivity index is 1.58. The van der Waals surface area contributed by atoms with E-state index >= 15 is 0 Å². The van der Waals surface area contributed by atoms with Gasteiger partial charge in [-0.3, -0.25) is 14.4 Å². The summed E-state index contributed by atoms with van der Waals surface area (Å²) < 4.78 is 7.39. The van der Waals surface area contributed by atoms with E-state index in [4.69, 9.17) is 4.74 Å². The molecule has 8 heteroatoms. The van der Waals surface area contributed by atoms with Crippen LogP contribution < -0.4 is 20.9 Å². The van der Waals surface area contributed by atoms with Crippen LogP contribution in [-0.4, -0.2) is 23.0 Å². The molecule has 0 spiro atoms. The van der Waals surface area contributed by atoms with Crippen molar-refractivity contribution in [1.29, 1.82) is 0 Å². The van der Waals surface area contributed by atoms with E-state index in [1.54, 1.807) is 60.8 Å². The first-order chi connectivity index (χ1) is 14.4. The minimum atomic E-state index is -0.346. The number of aromatic nitrogens is 1. The number of hydrogen-bond acceptors (Lipinski definition) is 4. The second-order valence-electron chi connectivity index (χ2n) is 6.35. The van der Waals surface area contributed by atoms with Crippen molar-refractivity contribution >= 4 is 39.1 Å². The number of halogens is 1. The number of pyridine rings is 1. The van der Waals surface area contributed by atoms with Gasteiger partial charge in [-0.2, -0.15) is 0 Å². The lowest BCUT2D eigenvalue weighted by molar-refractivity contribution is -0.116. The molecular formula is C22H20BrN3O4. The minimum Gasteiger partial charge on any atom is -0.494 e. The van der Waals surface area contributed by atoms with E-state index in [0.29, 0.717) is 28.0 Å². The van der Waals surface area contributed by atoms with Crippen LogP contribution in [0.3, 0.4) is 0 Å². The molecule has 7 nitrogen and oxygen atoms in total. The molecule has 30 heavy (non-hydrogen) atoms. The van der Waals surface area contributed by atoms with Gasteiger partial charge in [0.05, 0.1) is 6.61 Å². The third kappa shape index (κ3) is 5.81. The Morgan fingerprint density at radius 1 is 0.933 bits per heavy atom. The lowest BCUT2D eigenvalue weighted by atomic mass is 10.2. The summed E-state index contributed by atoms with van der Waals surface area (Å²) in [6.07, 6.45) is 1.55. The van der Waals surface area contributed by atoms with E-state index in [1.807, 2.05) is 6.92 Å². The second kappa shape index (κ2) is 9.89. The minimum absolute atomic E-state index is 0.113. The van der Waals surface area contributed by atoms with Gasteiger partial charge in [-0.15, -0.1) is 0 Å². The number of carbonyl (C=O) groups excluding carboxylic acids is 2. The molecule has 2 N–H and O–H groups in total. The van der Waals surface area contributed by atoms with E-state index in [9.17, 15) is 14.4 Å². The Bertz CT molecular complexity index is 1090. The largest absolute Gasteiger partial charge is 0.494 e. The summed E-state index contributed by atoms with van der Waals surface area (Å²) in [5.41, 5.74) is 1.36. The third-order valence-corrected chi connectivity index (χ3v) is 4.58. The quantitative estimate of drug-likeness (QED) is 0.548. The molecular weight excluding hydrogens is 450 g/mol. The summed E-state index contributed by atoms with van der Waals surface area (Å²) in [5.74, 6) is 0.125. The molecule has 3 rings (SSSR count). The molecule has 0 aliphatic heterocycles.